The number of ether oxygens (including phenoxy) is 1. The Balaban J connectivity index is 2.11. The van der Waals surface area contributed by atoms with Crippen LogP contribution in [0.3, 0.4) is 0 Å². The molecule has 0 atom stereocenters. The zero-order chi connectivity index (χ0) is 14.8. The van der Waals surface area contributed by atoms with Gasteiger partial charge in [0.1, 0.15) is 5.75 Å². The molecule has 1 aromatic carbocycles. The van der Waals surface area contributed by atoms with E-state index in [1.165, 1.54) is 0 Å². The molecule has 0 bridgehead atoms. The first kappa shape index (κ1) is 14.3. The molecule has 0 aliphatic heterocycles. The Morgan fingerprint density at radius 2 is 2.10 bits per heavy atom. The molecule has 0 spiro atoms. The molecule has 3 rings (SSSR count). The summed E-state index contributed by atoms with van der Waals surface area (Å²) in [6.07, 6.45) is 2.15. The van der Waals surface area contributed by atoms with E-state index in [1.54, 1.807) is 0 Å². The van der Waals surface area contributed by atoms with Gasteiger partial charge in [-0.3, -0.25) is 4.79 Å². The summed E-state index contributed by atoms with van der Waals surface area (Å²) in [6.45, 7) is 2.60. The summed E-state index contributed by atoms with van der Waals surface area (Å²) < 4.78 is 7.49. The first-order valence-corrected chi connectivity index (χ1v) is 7.96. The van der Waals surface area contributed by atoms with Gasteiger partial charge in [-0.15, -0.1) is 0 Å². The third-order valence-corrected chi connectivity index (χ3v) is 4.06. The summed E-state index contributed by atoms with van der Waals surface area (Å²) in [6, 6.07) is 12.2. The van der Waals surface area contributed by atoms with Gasteiger partial charge in [0, 0.05) is 22.9 Å². The maximum Gasteiger partial charge on any atom is 0.255 e. The van der Waals surface area contributed by atoms with Crippen molar-refractivity contribution in [2.45, 2.75) is 31.6 Å². The van der Waals surface area contributed by atoms with Gasteiger partial charge in [0.05, 0.1) is 12.3 Å². The van der Waals surface area contributed by atoms with Crippen LogP contribution in [0.25, 0.3) is 11.3 Å². The Bertz CT molecular complexity index is 704. The van der Waals surface area contributed by atoms with E-state index in [0.29, 0.717) is 18.4 Å². The van der Waals surface area contributed by atoms with Gasteiger partial charge in [0.2, 0.25) is 0 Å². The molecule has 110 valence electrons. The van der Waals surface area contributed by atoms with Gasteiger partial charge < -0.3 is 9.30 Å². The van der Waals surface area contributed by atoms with Crippen LogP contribution in [0, 0.1) is 0 Å². The number of pyridine rings is 1. The average molecular weight is 301 g/mol. The van der Waals surface area contributed by atoms with Crippen LogP contribution in [0.15, 0.2) is 41.2 Å². The average Bonchev–Trinajstić information content (AvgIpc) is 3.32. The van der Waals surface area contributed by atoms with Gasteiger partial charge in [0.15, 0.2) is 0 Å². The highest BCUT2D eigenvalue weighted by Gasteiger charge is 2.27. The van der Waals surface area contributed by atoms with Gasteiger partial charge in [-0.2, -0.15) is 12.6 Å². The van der Waals surface area contributed by atoms with Crippen LogP contribution in [-0.4, -0.2) is 11.2 Å². The van der Waals surface area contributed by atoms with Crippen molar-refractivity contribution in [1.82, 2.24) is 4.57 Å². The van der Waals surface area contributed by atoms with E-state index >= 15 is 0 Å². The van der Waals surface area contributed by atoms with Crippen LogP contribution in [0.4, 0.5) is 0 Å². The van der Waals surface area contributed by atoms with Crippen molar-refractivity contribution in [3.63, 3.8) is 0 Å². The van der Waals surface area contributed by atoms with Crippen LogP contribution < -0.4 is 10.3 Å². The number of hydrogen-bond acceptors (Lipinski definition) is 3. The SMILES string of the molecule is CCOc1cccc(-c2ccc(CS)c(=O)n2C2CC2)c1. The van der Waals surface area contributed by atoms with Crippen LogP contribution in [0.1, 0.15) is 31.4 Å². The maximum atomic E-state index is 12.6. The Morgan fingerprint density at radius 3 is 2.76 bits per heavy atom. The minimum atomic E-state index is 0.0896. The highest BCUT2D eigenvalue weighted by Crippen LogP contribution is 2.37. The molecule has 1 aromatic heterocycles. The molecule has 4 heteroatoms. The molecule has 0 radical (unpaired) electrons. The lowest BCUT2D eigenvalue weighted by atomic mass is 10.1. The molecule has 1 aliphatic rings. The normalized spacial score (nSPS) is 14.2. The second kappa shape index (κ2) is 5.98. The Kier molecular flexibility index (Phi) is 4.06. The first-order chi connectivity index (χ1) is 10.2. The first-order valence-electron chi connectivity index (χ1n) is 7.33. The molecule has 1 heterocycles. The lowest BCUT2D eigenvalue weighted by Crippen LogP contribution is -2.23. The fourth-order valence-electron chi connectivity index (χ4n) is 2.56. The van der Waals surface area contributed by atoms with Crippen molar-refractivity contribution in [3.8, 4) is 17.0 Å². The molecular weight excluding hydrogens is 282 g/mol. The van der Waals surface area contributed by atoms with E-state index < -0.39 is 0 Å². The lowest BCUT2D eigenvalue weighted by molar-refractivity contribution is 0.340. The number of benzene rings is 1. The van der Waals surface area contributed by atoms with Gasteiger partial charge in [-0.25, -0.2) is 0 Å². The quantitative estimate of drug-likeness (QED) is 0.854. The van der Waals surface area contributed by atoms with Crippen molar-refractivity contribution in [1.29, 1.82) is 0 Å². The summed E-state index contributed by atoms with van der Waals surface area (Å²) in [7, 11) is 0. The predicted octanol–water partition coefficient (Wildman–Crippen LogP) is 3.68. The molecule has 21 heavy (non-hydrogen) atoms. The van der Waals surface area contributed by atoms with E-state index in [2.05, 4.69) is 12.6 Å². The number of aromatic nitrogens is 1. The van der Waals surface area contributed by atoms with Gasteiger partial charge >= 0.3 is 0 Å². The van der Waals surface area contributed by atoms with Crippen molar-refractivity contribution in [2.75, 3.05) is 6.61 Å². The molecule has 0 amide bonds. The van der Waals surface area contributed by atoms with Crippen molar-refractivity contribution >= 4 is 12.6 Å². The van der Waals surface area contributed by atoms with Crippen molar-refractivity contribution < 1.29 is 4.74 Å². The Labute approximate surface area is 130 Å². The number of nitrogens with zero attached hydrogens (tertiary/aromatic N) is 1. The van der Waals surface area contributed by atoms with Crippen molar-refractivity contribution in [2.24, 2.45) is 0 Å². The van der Waals surface area contributed by atoms with E-state index in [0.717, 1.165) is 35.4 Å². The van der Waals surface area contributed by atoms with Gasteiger partial charge in [0.25, 0.3) is 5.56 Å². The minimum absolute atomic E-state index is 0.0896. The predicted molar refractivity (Wildman–Crippen MR) is 88.3 cm³/mol. The smallest absolute Gasteiger partial charge is 0.255 e. The second-order valence-electron chi connectivity index (χ2n) is 5.27. The summed E-state index contributed by atoms with van der Waals surface area (Å²) in [5, 5.41) is 0. The fraction of sp³-hybridized carbons (Fsp3) is 0.353. The van der Waals surface area contributed by atoms with E-state index in [-0.39, 0.29) is 5.56 Å². The van der Waals surface area contributed by atoms with Crippen LogP contribution in [0.2, 0.25) is 0 Å². The molecule has 1 aliphatic carbocycles. The van der Waals surface area contributed by atoms with Crippen LogP contribution in [0.5, 0.6) is 5.75 Å². The summed E-state index contributed by atoms with van der Waals surface area (Å²) in [4.78, 5) is 12.6. The number of thiol groups is 1. The highest BCUT2D eigenvalue weighted by atomic mass is 32.1. The van der Waals surface area contributed by atoms with E-state index in [9.17, 15) is 4.79 Å². The van der Waals surface area contributed by atoms with E-state index in [4.69, 9.17) is 4.74 Å². The molecule has 0 unspecified atom stereocenters. The lowest BCUT2D eigenvalue weighted by Gasteiger charge is -2.14. The molecular formula is C17H19NO2S. The minimum Gasteiger partial charge on any atom is -0.494 e. The number of hydrogen-bond donors (Lipinski definition) is 1. The van der Waals surface area contributed by atoms with Gasteiger partial charge in [-0.1, -0.05) is 18.2 Å². The van der Waals surface area contributed by atoms with E-state index in [1.807, 2.05) is 47.9 Å². The topological polar surface area (TPSA) is 31.2 Å². The van der Waals surface area contributed by atoms with Crippen LogP contribution >= 0.6 is 12.6 Å². The molecule has 3 nitrogen and oxygen atoms in total. The number of rotatable bonds is 5. The zero-order valence-corrected chi connectivity index (χ0v) is 13.0. The highest BCUT2D eigenvalue weighted by molar-refractivity contribution is 7.79. The molecule has 0 saturated heterocycles. The fourth-order valence-corrected chi connectivity index (χ4v) is 2.80. The largest absolute Gasteiger partial charge is 0.494 e. The summed E-state index contributed by atoms with van der Waals surface area (Å²) in [5.74, 6) is 1.31. The second-order valence-corrected chi connectivity index (χ2v) is 5.59. The Morgan fingerprint density at radius 1 is 1.29 bits per heavy atom. The molecule has 0 N–H and O–H groups in total. The molecule has 1 fully saturated rings. The van der Waals surface area contributed by atoms with Gasteiger partial charge in [-0.05, 0) is 38.0 Å². The standard InChI is InChI=1S/C17H19NO2S/c1-2-20-15-5-3-4-12(10-15)16-9-6-13(11-21)17(19)18(16)14-7-8-14/h3-6,9-10,14,21H,2,7-8,11H2,1H3. The van der Waals surface area contributed by atoms with Crippen LogP contribution in [-0.2, 0) is 5.75 Å². The monoisotopic (exact) mass is 301 g/mol. The third kappa shape index (κ3) is 2.86. The summed E-state index contributed by atoms with van der Waals surface area (Å²) in [5.41, 5.74) is 2.84. The maximum absolute atomic E-state index is 12.6. The van der Waals surface area contributed by atoms with Crippen molar-refractivity contribution in [3.05, 3.63) is 52.3 Å². The summed E-state index contributed by atoms with van der Waals surface area (Å²) >= 11 is 4.25. The third-order valence-electron chi connectivity index (χ3n) is 3.72. The molecule has 2 aromatic rings. The molecule has 1 saturated carbocycles. The Hall–Kier alpha value is -1.68. The zero-order valence-electron chi connectivity index (χ0n) is 12.1.